The summed E-state index contributed by atoms with van der Waals surface area (Å²) in [7, 11) is 1.82. The summed E-state index contributed by atoms with van der Waals surface area (Å²) in [6.45, 7) is 4.66. The molecule has 0 spiro atoms. The Morgan fingerprint density at radius 1 is 1.13 bits per heavy atom. The number of aliphatic imine (C=N–C) groups is 1. The van der Waals surface area contributed by atoms with Crippen molar-refractivity contribution in [2.75, 3.05) is 46.4 Å². The highest BCUT2D eigenvalue weighted by atomic mass is 127. The minimum Gasteiger partial charge on any atom is -0.459 e. The van der Waals surface area contributed by atoms with E-state index in [-0.39, 0.29) is 29.9 Å². The Bertz CT molecular complexity index is 622. The van der Waals surface area contributed by atoms with Crippen LogP contribution < -0.4 is 5.32 Å². The van der Waals surface area contributed by atoms with Gasteiger partial charge in [-0.15, -0.1) is 24.0 Å². The average Bonchev–Trinajstić information content (AvgIpc) is 3.17. The van der Waals surface area contributed by atoms with Crippen molar-refractivity contribution in [3.63, 3.8) is 0 Å². The first-order valence-electron chi connectivity index (χ1n) is 11.2. The van der Waals surface area contributed by atoms with Crippen molar-refractivity contribution in [3.8, 4) is 0 Å². The molecule has 0 aromatic carbocycles. The third-order valence-electron chi connectivity index (χ3n) is 5.82. The van der Waals surface area contributed by atoms with E-state index < -0.39 is 0 Å². The third kappa shape index (κ3) is 7.76. The number of piperazine rings is 1. The fourth-order valence-electron chi connectivity index (χ4n) is 4.10. The van der Waals surface area contributed by atoms with Gasteiger partial charge in [0.15, 0.2) is 11.7 Å². The predicted octanol–water partition coefficient (Wildman–Crippen LogP) is 3.75. The zero-order valence-corrected chi connectivity index (χ0v) is 20.5. The van der Waals surface area contributed by atoms with Gasteiger partial charge in [-0.05, 0) is 37.8 Å². The summed E-state index contributed by atoms with van der Waals surface area (Å²) >= 11 is 0. The van der Waals surface area contributed by atoms with Crippen molar-refractivity contribution >= 4 is 35.8 Å². The second-order valence-electron chi connectivity index (χ2n) is 7.92. The summed E-state index contributed by atoms with van der Waals surface area (Å²) in [6.07, 6.45) is 12.0. The maximum Gasteiger partial charge on any atom is 0.289 e. The summed E-state index contributed by atoms with van der Waals surface area (Å²) in [5, 5.41) is 3.46. The van der Waals surface area contributed by atoms with Crippen molar-refractivity contribution in [1.82, 2.24) is 15.1 Å². The zero-order chi connectivity index (χ0) is 20.3. The number of nitrogens with one attached hydrogen (secondary N) is 1. The number of halogens is 1. The van der Waals surface area contributed by atoms with Crippen molar-refractivity contribution in [3.05, 3.63) is 24.2 Å². The third-order valence-corrected chi connectivity index (χ3v) is 5.82. The molecule has 1 N–H and O–H groups in total. The zero-order valence-electron chi connectivity index (χ0n) is 18.2. The fraction of sp³-hybridized carbons (Fsp3) is 0.727. The summed E-state index contributed by atoms with van der Waals surface area (Å²) in [5.74, 6) is 1.29. The molecule has 2 heterocycles. The van der Waals surface area contributed by atoms with Crippen LogP contribution in [0.15, 0.2) is 27.8 Å². The molecule has 1 aliphatic carbocycles. The summed E-state index contributed by atoms with van der Waals surface area (Å²) in [4.78, 5) is 20.8. The van der Waals surface area contributed by atoms with Crippen LogP contribution in [0.1, 0.15) is 61.9 Å². The van der Waals surface area contributed by atoms with Gasteiger partial charge in [-0.3, -0.25) is 9.79 Å². The highest BCUT2D eigenvalue weighted by molar-refractivity contribution is 14.0. The topological polar surface area (TPSA) is 70.3 Å². The molecule has 30 heavy (non-hydrogen) atoms. The normalized spacial score (nSPS) is 18.6. The number of hydrogen-bond acceptors (Lipinski definition) is 4. The molecule has 0 radical (unpaired) electrons. The molecular formula is C22H37IN4O3. The molecule has 0 unspecified atom stereocenters. The molecule has 1 saturated heterocycles. The van der Waals surface area contributed by atoms with Crippen LogP contribution in [0.3, 0.4) is 0 Å². The van der Waals surface area contributed by atoms with Gasteiger partial charge in [0.1, 0.15) is 0 Å². The Hall–Kier alpha value is -1.29. The Balaban J connectivity index is 0.00000320. The lowest BCUT2D eigenvalue weighted by molar-refractivity contribution is 0.0411. The number of furan rings is 1. The number of nitrogens with zero attached hydrogens (tertiary/aromatic N) is 3. The lowest BCUT2D eigenvalue weighted by atomic mass is 10.1. The largest absolute Gasteiger partial charge is 0.459 e. The number of carbonyl (C=O) groups excluding carboxylic acids is 1. The molecule has 3 rings (SSSR count). The lowest BCUT2D eigenvalue weighted by Crippen LogP contribution is -2.53. The van der Waals surface area contributed by atoms with E-state index in [1.165, 1.54) is 44.8 Å². The Morgan fingerprint density at radius 2 is 1.83 bits per heavy atom. The summed E-state index contributed by atoms with van der Waals surface area (Å²) < 4.78 is 11.3. The summed E-state index contributed by atoms with van der Waals surface area (Å²) in [5.41, 5.74) is 0. The molecular weight excluding hydrogens is 495 g/mol. The van der Waals surface area contributed by atoms with Crippen LogP contribution in [0.25, 0.3) is 0 Å². The number of guanidine groups is 1. The van der Waals surface area contributed by atoms with Crippen LogP contribution in [0.4, 0.5) is 0 Å². The van der Waals surface area contributed by atoms with E-state index >= 15 is 0 Å². The van der Waals surface area contributed by atoms with Gasteiger partial charge < -0.3 is 24.3 Å². The maximum atomic E-state index is 12.4. The van der Waals surface area contributed by atoms with E-state index in [4.69, 9.17) is 9.15 Å². The molecule has 1 saturated carbocycles. The number of amides is 1. The lowest BCUT2D eigenvalue weighted by Gasteiger charge is -2.36. The van der Waals surface area contributed by atoms with E-state index in [2.05, 4.69) is 15.2 Å². The van der Waals surface area contributed by atoms with Crippen molar-refractivity contribution in [2.24, 2.45) is 4.99 Å². The standard InChI is InChI=1S/C22H36N4O3.HI/c1-23-22(24-12-6-7-17-28-19-9-4-2-3-5-10-19)26-15-13-25(14-16-26)21(27)20-11-8-18-29-20;/h8,11,18-19H,2-7,9-10,12-17H2,1H3,(H,23,24);1H. The van der Waals surface area contributed by atoms with E-state index in [0.717, 1.165) is 45.0 Å². The number of carbonyl (C=O) groups is 1. The van der Waals surface area contributed by atoms with Gasteiger partial charge in [0.2, 0.25) is 0 Å². The van der Waals surface area contributed by atoms with E-state index in [1.807, 2.05) is 11.9 Å². The Labute approximate surface area is 197 Å². The maximum absolute atomic E-state index is 12.4. The number of rotatable bonds is 7. The highest BCUT2D eigenvalue weighted by Crippen LogP contribution is 2.20. The average molecular weight is 532 g/mol. The SMILES string of the molecule is CN=C(NCCCCOC1CCCCCC1)N1CCN(C(=O)c2ccco2)CC1.I. The number of unbranched alkanes of at least 4 members (excludes halogenated alkanes) is 1. The van der Waals surface area contributed by atoms with Crippen LogP contribution in [0.2, 0.25) is 0 Å². The monoisotopic (exact) mass is 532 g/mol. The van der Waals surface area contributed by atoms with E-state index in [9.17, 15) is 4.79 Å². The fourth-order valence-corrected chi connectivity index (χ4v) is 4.10. The predicted molar refractivity (Wildman–Crippen MR) is 130 cm³/mol. The highest BCUT2D eigenvalue weighted by Gasteiger charge is 2.25. The molecule has 1 aliphatic heterocycles. The van der Waals surface area contributed by atoms with Gasteiger partial charge in [0.25, 0.3) is 5.91 Å². The van der Waals surface area contributed by atoms with Gasteiger partial charge in [0.05, 0.1) is 12.4 Å². The van der Waals surface area contributed by atoms with E-state index in [0.29, 0.717) is 25.0 Å². The molecule has 1 amide bonds. The van der Waals surface area contributed by atoms with Crippen molar-refractivity contribution < 1.29 is 13.9 Å². The minimum atomic E-state index is -0.0359. The molecule has 0 atom stereocenters. The van der Waals surface area contributed by atoms with Crippen LogP contribution in [0, 0.1) is 0 Å². The van der Waals surface area contributed by atoms with E-state index in [1.54, 1.807) is 12.1 Å². The smallest absolute Gasteiger partial charge is 0.289 e. The van der Waals surface area contributed by atoms with Gasteiger partial charge in [-0.2, -0.15) is 0 Å². The first kappa shape index (κ1) is 25.0. The molecule has 8 heteroatoms. The Morgan fingerprint density at radius 3 is 2.47 bits per heavy atom. The van der Waals surface area contributed by atoms with Crippen LogP contribution in [-0.4, -0.2) is 74.1 Å². The van der Waals surface area contributed by atoms with Crippen LogP contribution >= 0.6 is 24.0 Å². The minimum absolute atomic E-state index is 0. The Kier molecular flexibility index (Phi) is 11.6. The van der Waals surface area contributed by atoms with Gasteiger partial charge in [-0.1, -0.05) is 25.7 Å². The molecule has 1 aromatic heterocycles. The van der Waals surface area contributed by atoms with Crippen LogP contribution in [0.5, 0.6) is 0 Å². The second kappa shape index (κ2) is 13.9. The molecule has 7 nitrogen and oxygen atoms in total. The van der Waals surface area contributed by atoms with Crippen molar-refractivity contribution in [1.29, 1.82) is 0 Å². The molecule has 1 aromatic rings. The first-order chi connectivity index (χ1) is 14.3. The first-order valence-corrected chi connectivity index (χ1v) is 11.2. The summed E-state index contributed by atoms with van der Waals surface area (Å²) in [6, 6.07) is 3.46. The molecule has 2 aliphatic rings. The van der Waals surface area contributed by atoms with Gasteiger partial charge in [0, 0.05) is 46.4 Å². The van der Waals surface area contributed by atoms with Gasteiger partial charge in [-0.25, -0.2) is 0 Å². The van der Waals surface area contributed by atoms with Crippen LogP contribution in [-0.2, 0) is 4.74 Å². The van der Waals surface area contributed by atoms with Gasteiger partial charge >= 0.3 is 0 Å². The molecule has 2 fully saturated rings. The van der Waals surface area contributed by atoms with Crippen molar-refractivity contribution in [2.45, 2.75) is 57.5 Å². The number of hydrogen-bond donors (Lipinski definition) is 1. The number of ether oxygens (including phenoxy) is 1. The molecule has 170 valence electrons. The molecule has 0 bridgehead atoms. The quantitative estimate of drug-likeness (QED) is 0.191. The second-order valence-corrected chi connectivity index (χ2v) is 7.92.